The van der Waals surface area contributed by atoms with E-state index in [4.69, 9.17) is 9.84 Å². The van der Waals surface area contributed by atoms with Gasteiger partial charge in [-0.15, -0.1) is 0 Å². The summed E-state index contributed by atoms with van der Waals surface area (Å²) in [6.45, 7) is 3.96. The van der Waals surface area contributed by atoms with Crippen LogP contribution >= 0.6 is 15.9 Å². The molecule has 0 saturated carbocycles. The van der Waals surface area contributed by atoms with Gasteiger partial charge in [-0.25, -0.2) is 9.18 Å². The van der Waals surface area contributed by atoms with E-state index in [2.05, 4.69) is 15.9 Å². The molecule has 0 fully saturated rings. The van der Waals surface area contributed by atoms with Crippen LogP contribution in [0.4, 0.5) is 4.39 Å². The average molecular weight is 353 g/mol. The Kier molecular flexibility index (Phi) is 4.63. The zero-order valence-corrected chi connectivity index (χ0v) is 13.1. The molecule has 21 heavy (non-hydrogen) atoms. The van der Waals surface area contributed by atoms with Gasteiger partial charge in [0.05, 0.1) is 0 Å². The van der Waals surface area contributed by atoms with Crippen molar-refractivity contribution in [2.24, 2.45) is 0 Å². The quantitative estimate of drug-likeness (QED) is 0.822. The first-order valence-corrected chi connectivity index (χ1v) is 7.18. The van der Waals surface area contributed by atoms with Crippen LogP contribution < -0.4 is 4.74 Å². The third-order valence-electron chi connectivity index (χ3n) is 3.00. The summed E-state index contributed by atoms with van der Waals surface area (Å²) in [6.07, 6.45) is 0. The lowest BCUT2D eigenvalue weighted by Crippen LogP contribution is -2.03. The predicted octanol–water partition coefficient (Wildman–Crippen LogP) is 5.20. The summed E-state index contributed by atoms with van der Waals surface area (Å²) >= 11 is 3.38. The molecule has 0 aliphatic carbocycles. The molecule has 0 aliphatic heterocycles. The molecule has 3 nitrogen and oxygen atoms in total. The molecule has 0 aromatic heterocycles. The fraction of sp³-hybridized carbons (Fsp3) is 0.188. The van der Waals surface area contributed by atoms with E-state index in [9.17, 15) is 9.18 Å². The van der Waals surface area contributed by atoms with Gasteiger partial charge < -0.3 is 9.84 Å². The normalized spacial score (nSPS) is 10.7. The van der Waals surface area contributed by atoms with E-state index in [0.29, 0.717) is 5.75 Å². The van der Waals surface area contributed by atoms with Gasteiger partial charge >= 0.3 is 5.97 Å². The minimum absolute atomic E-state index is 0.151. The standard InChI is InChI=1S/C16H14BrFO3/c1-9(2)12-8-10(17)6-7-14(12)21-15-11(16(19)20)4-3-5-13(15)18/h3-9H,1-2H3,(H,19,20). The molecule has 0 atom stereocenters. The highest BCUT2D eigenvalue weighted by molar-refractivity contribution is 9.10. The molecule has 0 spiro atoms. The van der Waals surface area contributed by atoms with E-state index in [1.807, 2.05) is 19.9 Å². The summed E-state index contributed by atoms with van der Waals surface area (Å²) in [4.78, 5) is 11.2. The number of aromatic carboxylic acids is 1. The Hall–Kier alpha value is -1.88. The van der Waals surface area contributed by atoms with Gasteiger partial charge in [-0.05, 0) is 41.8 Å². The second-order valence-electron chi connectivity index (χ2n) is 4.86. The lowest BCUT2D eigenvalue weighted by Gasteiger charge is -2.16. The lowest BCUT2D eigenvalue weighted by atomic mass is 10.0. The number of halogens is 2. The maximum absolute atomic E-state index is 13.9. The first kappa shape index (κ1) is 15.5. The van der Waals surface area contributed by atoms with Crippen LogP contribution in [0.15, 0.2) is 40.9 Å². The average Bonchev–Trinajstić information content (AvgIpc) is 2.42. The molecule has 2 aromatic carbocycles. The largest absolute Gasteiger partial charge is 0.478 e. The summed E-state index contributed by atoms with van der Waals surface area (Å²) in [5.74, 6) is -1.60. The number of para-hydroxylation sites is 1. The van der Waals surface area contributed by atoms with Crippen molar-refractivity contribution in [3.8, 4) is 11.5 Å². The van der Waals surface area contributed by atoms with Crippen molar-refractivity contribution in [2.45, 2.75) is 19.8 Å². The van der Waals surface area contributed by atoms with E-state index >= 15 is 0 Å². The van der Waals surface area contributed by atoms with E-state index in [1.165, 1.54) is 18.2 Å². The minimum atomic E-state index is -1.23. The van der Waals surface area contributed by atoms with Crippen LogP contribution in [0.1, 0.15) is 35.7 Å². The third kappa shape index (κ3) is 3.42. The van der Waals surface area contributed by atoms with Crippen LogP contribution in [0.5, 0.6) is 11.5 Å². The third-order valence-corrected chi connectivity index (χ3v) is 3.50. The van der Waals surface area contributed by atoms with Gasteiger partial charge in [-0.3, -0.25) is 0 Å². The van der Waals surface area contributed by atoms with Crippen LogP contribution in [0.3, 0.4) is 0 Å². The van der Waals surface area contributed by atoms with Crippen molar-refractivity contribution >= 4 is 21.9 Å². The van der Waals surface area contributed by atoms with Crippen LogP contribution in [0, 0.1) is 5.82 Å². The molecule has 110 valence electrons. The lowest BCUT2D eigenvalue weighted by molar-refractivity contribution is 0.0693. The highest BCUT2D eigenvalue weighted by atomic mass is 79.9. The first-order valence-electron chi connectivity index (χ1n) is 6.39. The Labute approximate surface area is 130 Å². The number of hydrogen-bond donors (Lipinski definition) is 1. The van der Waals surface area contributed by atoms with Gasteiger partial charge in [0.25, 0.3) is 0 Å². The minimum Gasteiger partial charge on any atom is -0.478 e. The number of hydrogen-bond acceptors (Lipinski definition) is 2. The Morgan fingerprint density at radius 2 is 2.00 bits per heavy atom. The molecule has 2 rings (SSSR count). The Bertz CT molecular complexity index is 683. The summed E-state index contributed by atoms with van der Waals surface area (Å²) in [6, 6.07) is 9.17. The first-order chi connectivity index (χ1) is 9.90. The van der Waals surface area contributed by atoms with Crippen LogP contribution in [-0.4, -0.2) is 11.1 Å². The molecule has 0 bridgehead atoms. The fourth-order valence-corrected chi connectivity index (χ4v) is 2.33. The van der Waals surface area contributed by atoms with Crippen molar-refractivity contribution < 1.29 is 19.0 Å². The Morgan fingerprint density at radius 1 is 1.29 bits per heavy atom. The molecular formula is C16H14BrFO3. The smallest absolute Gasteiger partial charge is 0.339 e. The number of rotatable bonds is 4. The predicted molar refractivity (Wildman–Crippen MR) is 81.7 cm³/mol. The van der Waals surface area contributed by atoms with E-state index in [0.717, 1.165) is 10.0 Å². The van der Waals surface area contributed by atoms with Gasteiger partial charge in [0.2, 0.25) is 0 Å². The van der Waals surface area contributed by atoms with Gasteiger partial charge in [0, 0.05) is 4.47 Å². The summed E-state index contributed by atoms with van der Waals surface area (Å²) in [5, 5.41) is 9.14. The van der Waals surface area contributed by atoms with Gasteiger partial charge in [-0.1, -0.05) is 35.8 Å². The monoisotopic (exact) mass is 352 g/mol. The van der Waals surface area contributed by atoms with Gasteiger partial charge in [-0.2, -0.15) is 0 Å². The fourth-order valence-electron chi connectivity index (χ4n) is 1.95. The number of ether oxygens (including phenoxy) is 1. The molecule has 0 amide bonds. The molecule has 0 aliphatic rings. The SMILES string of the molecule is CC(C)c1cc(Br)ccc1Oc1c(F)cccc1C(=O)O. The number of carboxylic acids is 1. The zero-order chi connectivity index (χ0) is 15.6. The van der Waals surface area contributed by atoms with E-state index < -0.39 is 11.8 Å². The number of carbonyl (C=O) groups is 1. The summed E-state index contributed by atoms with van der Waals surface area (Å²) in [7, 11) is 0. The van der Waals surface area contributed by atoms with Crippen molar-refractivity contribution in [1.29, 1.82) is 0 Å². The molecular weight excluding hydrogens is 339 g/mol. The van der Waals surface area contributed by atoms with Crippen molar-refractivity contribution in [2.75, 3.05) is 0 Å². The number of carboxylic acid groups (broad SMARTS) is 1. The second kappa shape index (κ2) is 6.26. The van der Waals surface area contributed by atoms with Crippen LogP contribution in [0.25, 0.3) is 0 Å². The van der Waals surface area contributed by atoms with Crippen molar-refractivity contribution in [3.05, 3.63) is 57.8 Å². The number of benzene rings is 2. The van der Waals surface area contributed by atoms with Crippen molar-refractivity contribution in [1.82, 2.24) is 0 Å². The molecule has 0 unspecified atom stereocenters. The second-order valence-corrected chi connectivity index (χ2v) is 5.78. The van der Waals surface area contributed by atoms with E-state index in [1.54, 1.807) is 12.1 Å². The molecule has 5 heteroatoms. The molecule has 1 N–H and O–H groups in total. The maximum Gasteiger partial charge on any atom is 0.339 e. The highest BCUT2D eigenvalue weighted by Crippen LogP contribution is 2.35. The van der Waals surface area contributed by atoms with E-state index in [-0.39, 0.29) is 17.2 Å². The molecule has 0 radical (unpaired) electrons. The maximum atomic E-state index is 13.9. The Balaban J connectivity index is 2.51. The van der Waals surface area contributed by atoms with Crippen molar-refractivity contribution in [3.63, 3.8) is 0 Å². The summed E-state index contributed by atoms with van der Waals surface area (Å²) < 4.78 is 20.4. The zero-order valence-electron chi connectivity index (χ0n) is 11.6. The van der Waals surface area contributed by atoms with Crippen LogP contribution in [0.2, 0.25) is 0 Å². The van der Waals surface area contributed by atoms with Gasteiger partial charge in [0.15, 0.2) is 11.6 Å². The molecule has 0 heterocycles. The Morgan fingerprint density at radius 3 is 2.62 bits per heavy atom. The topological polar surface area (TPSA) is 46.5 Å². The molecule has 0 saturated heterocycles. The summed E-state index contributed by atoms with van der Waals surface area (Å²) in [5.41, 5.74) is 0.664. The highest BCUT2D eigenvalue weighted by Gasteiger charge is 2.18. The molecule has 2 aromatic rings. The van der Waals surface area contributed by atoms with Crippen LogP contribution in [-0.2, 0) is 0 Å². The van der Waals surface area contributed by atoms with Gasteiger partial charge in [0.1, 0.15) is 11.3 Å².